The molecule has 0 aromatic heterocycles. The van der Waals surface area contributed by atoms with Crippen LogP contribution in [0.2, 0.25) is 0 Å². The Kier molecular flexibility index (Phi) is 3.44. The van der Waals surface area contributed by atoms with E-state index in [4.69, 9.17) is 0 Å². The molecule has 0 heterocycles. The van der Waals surface area contributed by atoms with Gasteiger partial charge in [0.2, 0.25) is 0 Å². The van der Waals surface area contributed by atoms with Crippen LogP contribution in [0.5, 0.6) is 0 Å². The van der Waals surface area contributed by atoms with Crippen molar-refractivity contribution in [2.75, 3.05) is 19.6 Å². The van der Waals surface area contributed by atoms with Gasteiger partial charge in [-0.25, -0.2) is 0 Å². The van der Waals surface area contributed by atoms with E-state index in [9.17, 15) is 0 Å². The standard InChI is InChI=1S/C15H22N2/c1-2-4-13(5-3-1)14-10-15(14)17-9-8-16-11-12-6-7-12/h1-5,12,14-17H,6-11H2. The zero-order valence-corrected chi connectivity index (χ0v) is 10.4. The van der Waals surface area contributed by atoms with Gasteiger partial charge in [-0.05, 0) is 37.3 Å². The number of hydrogen-bond donors (Lipinski definition) is 2. The fourth-order valence-electron chi connectivity index (χ4n) is 2.46. The van der Waals surface area contributed by atoms with Crippen LogP contribution >= 0.6 is 0 Å². The van der Waals surface area contributed by atoms with Gasteiger partial charge in [-0.1, -0.05) is 30.3 Å². The van der Waals surface area contributed by atoms with Crippen molar-refractivity contribution in [2.45, 2.75) is 31.2 Å². The molecule has 0 saturated heterocycles. The average Bonchev–Trinajstić information content (AvgIpc) is 3.25. The van der Waals surface area contributed by atoms with E-state index in [0.29, 0.717) is 0 Å². The van der Waals surface area contributed by atoms with Crippen molar-refractivity contribution < 1.29 is 0 Å². The Labute approximate surface area is 104 Å². The molecule has 2 saturated carbocycles. The Balaban J connectivity index is 1.30. The fraction of sp³-hybridized carbons (Fsp3) is 0.600. The maximum absolute atomic E-state index is 3.64. The van der Waals surface area contributed by atoms with Gasteiger partial charge in [0.25, 0.3) is 0 Å². The normalized spacial score (nSPS) is 27.1. The van der Waals surface area contributed by atoms with Crippen LogP contribution in [0.4, 0.5) is 0 Å². The van der Waals surface area contributed by atoms with Crippen molar-refractivity contribution in [1.29, 1.82) is 0 Å². The van der Waals surface area contributed by atoms with Gasteiger partial charge >= 0.3 is 0 Å². The average molecular weight is 230 g/mol. The molecule has 0 aliphatic heterocycles. The summed E-state index contributed by atoms with van der Waals surface area (Å²) in [6.07, 6.45) is 4.20. The Morgan fingerprint density at radius 3 is 2.65 bits per heavy atom. The summed E-state index contributed by atoms with van der Waals surface area (Å²) in [7, 11) is 0. The second kappa shape index (κ2) is 5.19. The number of hydrogen-bond acceptors (Lipinski definition) is 2. The molecule has 2 unspecified atom stereocenters. The molecule has 3 rings (SSSR count). The molecule has 2 aliphatic rings. The van der Waals surface area contributed by atoms with Gasteiger partial charge in [-0.2, -0.15) is 0 Å². The van der Waals surface area contributed by atoms with Gasteiger partial charge in [-0.3, -0.25) is 0 Å². The first-order valence-electron chi connectivity index (χ1n) is 6.92. The third kappa shape index (κ3) is 3.30. The molecular formula is C15H22N2. The van der Waals surface area contributed by atoms with Crippen molar-refractivity contribution >= 4 is 0 Å². The lowest BCUT2D eigenvalue weighted by Crippen LogP contribution is -2.30. The predicted octanol–water partition coefficient (Wildman–Crippen LogP) is 2.13. The van der Waals surface area contributed by atoms with Gasteiger partial charge in [0.05, 0.1) is 0 Å². The zero-order valence-electron chi connectivity index (χ0n) is 10.4. The molecule has 2 aliphatic carbocycles. The van der Waals surface area contributed by atoms with Crippen LogP contribution in [0, 0.1) is 5.92 Å². The second-order valence-corrected chi connectivity index (χ2v) is 5.46. The highest BCUT2D eigenvalue weighted by molar-refractivity contribution is 5.27. The quantitative estimate of drug-likeness (QED) is 0.701. The number of nitrogens with one attached hydrogen (secondary N) is 2. The monoisotopic (exact) mass is 230 g/mol. The van der Waals surface area contributed by atoms with Crippen LogP contribution in [-0.4, -0.2) is 25.7 Å². The first-order chi connectivity index (χ1) is 8.43. The summed E-state index contributed by atoms with van der Waals surface area (Å²) >= 11 is 0. The van der Waals surface area contributed by atoms with Crippen LogP contribution in [0.1, 0.15) is 30.7 Å². The fourth-order valence-corrected chi connectivity index (χ4v) is 2.46. The van der Waals surface area contributed by atoms with Gasteiger partial charge < -0.3 is 10.6 Å². The van der Waals surface area contributed by atoms with E-state index < -0.39 is 0 Å². The van der Waals surface area contributed by atoms with Crippen molar-refractivity contribution in [3.05, 3.63) is 35.9 Å². The molecule has 0 spiro atoms. The Morgan fingerprint density at radius 1 is 1.06 bits per heavy atom. The van der Waals surface area contributed by atoms with Crippen LogP contribution in [0.25, 0.3) is 0 Å². The molecule has 17 heavy (non-hydrogen) atoms. The lowest BCUT2D eigenvalue weighted by molar-refractivity contribution is 0.583. The molecule has 0 amide bonds. The van der Waals surface area contributed by atoms with Crippen LogP contribution < -0.4 is 10.6 Å². The van der Waals surface area contributed by atoms with E-state index in [1.54, 1.807) is 0 Å². The summed E-state index contributed by atoms with van der Waals surface area (Å²) in [5.41, 5.74) is 1.50. The topological polar surface area (TPSA) is 24.1 Å². The molecule has 2 fully saturated rings. The highest BCUT2D eigenvalue weighted by Crippen LogP contribution is 2.40. The lowest BCUT2D eigenvalue weighted by Gasteiger charge is -2.05. The van der Waals surface area contributed by atoms with E-state index in [1.165, 1.54) is 31.4 Å². The molecule has 92 valence electrons. The minimum Gasteiger partial charge on any atom is -0.315 e. The minimum absolute atomic E-state index is 0.722. The zero-order chi connectivity index (χ0) is 11.5. The van der Waals surface area contributed by atoms with E-state index in [-0.39, 0.29) is 0 Å². The molecule has 1 aromatic rings. The summed E-state index contributed by atoms with van der Waals surface area (Å²) < 4.78 is 0. The molecule has 2 atom stereocenters. The van der Waals surface area contributed by atoms with Gasteiger partial charge in [0.1, 0.15) is 0 Å². The number of rotatable bonds is 7. The molecule has 2 nitrogen and oxygen atoms in total. The van der Waals surface area contributed by atoms with E-state index in [1.807, 2.05) is 0 Å². The van der Waals surface area contributed by atoms with E-state index in [2.05, 4.69) is 41.0 Å². The first kappa shape index (κ1) is 11.2. The summed E-state index contributed by atoms with van der Waals surface area (Å²) in [5.74, 6) is 1.76. The first-order valence-corrected chi connectivity index (χ1v) is 6.92. The van der Waals surface area contributed by atoms with Crippen molar-refractivity contribution in [2.24, 2.45) is 5.92 Å². The summed E-state index contributed by atoms with van der Waals surface area (Å²) in [6, 6.07) is 11.6. The summed E-state index contributed by atoms with van der Waals surface area (Å²) in [6.45, 7) is 3.46. The van der Waals surface area contributed by atoms with E-state index in [0.717, 1.165) is 31.0 Å². The van der Waals surface area contributed by atoms with Crippen molar-refractivity contribution in [3.63, 3.8) is 0 Å². The summed E-state index contributed by atoms with van der Waals surface area (Å²) in [5, 5.41) is 7.16. The third-order valence-corrected chi connectivity index (χ3v) is 3.86. The second-order valence-electron chi connectivity index (χ2n) is 5.46. The molecule has 2 heteroatoms. The Bertz CT molecular complexity index is 345. The minimum atomic E-state index is 0.722. The maximum Gasteiger partial charge on any atom is 0.0143 e. The van der Waals surface area contributed by atoms with E-state index >= 15 is 0 Å². The molecule has 2 N–H and O–H groups in total. The Hall–Kier alpha value is -0.860. The highest BCUT2D eigenvalue weighted by atomic mass is 15.0. The molecule has 1 aromatic carbocycles. The largest absolute Gasteiger partial charge is 0.315 e. The number of benzene rings is 1. The van der Waals surface area contributed by atoms with Crippen LogP contribution in [0.15, 0.2) is 30.3 Å². The maximum atomic E-state index is 3.64. The Morgan fingerprint density at radius 2 is 1.88 bits per heavy atom. The van der Waals surface area contributed by atoms with Gasteiger partial charge in [-0.15, -0.1) is 0 Å². The van der Waals surface area contributed by atoms with Gasteiger partial charge in [0, 0.05) is 25.0 Å². The third-order valence-electron chi connectivity index (χ3n) is 3.86. The van der Waals surface area contributed by atoms with Crippen LogP contribution in [-0.2, 0) is 0 Å². The highest BCUT2D eigenvalue weighted by Gasteiger charge is 2.37. The summed E-state index contributed by atoms with van der Waals surface area (Å²) in [4.78, 5) is 0. The predicted molar refractivity (Wildman–Crippen MR) is 71.2 cm³/mol. The van der Waals surface area contributed by atoms with Crippen molar-refractivity contribution in [3.8, 4) is 0 Å². The lowest BCUT2D eigenvalue weighted by atomic mass is 10.1. The van der Waals surface area contributed by atoms with Crippen molar-refractivity contribution in [1.82, 2.24) is 10.6 Å². The molecular weight excluding hydrogens is 208 g/mol. The van der Waals surface area contributed by atoms with Gasteiger partial charge in [0.15, 0.2) is 0 Å². The SMILES string of the molecule is c1ccc(C2CC2NCCNCC2CC2)cc1. The smallest absolute Gasteiger partial charge is 0.0143 e. The molecule has 0 bridgehead atoms. The molecule has 0 radical (unpaired) electrons. The van der Waals surface area contributed by atoms with Crippen LogP contribution in [0.3, 0.4) is 0 Å².